The van der Waals surface area contributed by atoms with E-state index in [0.29, 0.717) is 0 Å². The van der Waals surface area contributed by atoms with E-state index < -0.39 is 0 Å². The molecule has 1 N–H and O–H groups in total. The first kappa shape index (κ1) is 7.60. The van der Waals surface area contributed by atoms with E-state index in [-0.39, 0.29) is 0 Å². The summed E-state index contributed by atoms with van der Waals surface area (Å²) in [5, 5.41) is 3.73. The van der Waals surface area contributed by atoms with Crippen molar-refractivity contribution in [3.8, 4) is 0 Å². The first-order valence-corrected chi connectivity index (χ1v) is 5.16. The van der Waals surface area contributed by atoms with E-state index in [2.05, 4.69) is 12.2 Å². The van der Waals surface area contributed by atoms with Crippen LogP contribution in [0.25, 0.3) is 0 Å². The molecule has 0 aromatic rings. The Morgan fingerprint density at radius 1 is 1.18 bits per heavy atom. The van der Waals surface area contributed by atoms with Crippen LogP contribution in [0, 0.1) is 5.92 Å². The normalized spacial score (nSPS) is 42.8. The molecule has 0 saturated carbocycles. The van der Waals surface area contributed by atoms with Crippen molar-refractivity contribution in [3.63, 3.8) is 0 Å². The van der Waals surface area contributed by atoms with Crippen LogP contribution in [-0.2, 0) is 0 Å². The highest BCUT2D eigenvalue weighted by molar-refractivity contribution is 4.92. The van der Waals surface area contributed by atoms with Gasteiger partial charge in [0, 0.05) is 12.1 Å². The van der Waals surface area contributed by atoms with Crippen molar-refractivity contribution in [1.29, 1.82) is 0 Å². The van der Waals surface area contributed by atoms with Crippen molar-refractivity contribution in [2.75, 3.05) is 0 Å². The number of fused-ring (bicyclic) bond motifs is 2. The van der Waals surface area contributed by atoms with E-state index >= 15 is 0 Å². The largest absolute Gasteiger partial charge is 0.311 e. The van der Waals surface area contributed by atoms with Crippen LogP contribution >= 0.6 is 0 Å². The van der Waals surface area contributed by atoms with E-state index in [1.165, 1.54) is 38.5 Å². The fraction of sp³-hybridized carbons (Fsp3) is 1.00. The van der Waals surface area contributed by atoms with Crippen molar-refractivity contribution in [1.82, 2.24) is 5.32 Å². The molecule has 0 spiro atoms. The lowest BCUT2D eigenvalue weighted by atomic mass is 9.88. The van der Waals surface area contributed by atoms with E-state index in [1.807, 2.05) is 0 Å². The molecular formula is C10H19N. The molecule has 0 amide bonds. The van der Waals surface area contributed by atoms with E-state index in [9.17, 15) is 0 Å². The number of hydrogen-bond donors (Lipinski definition) is 1. The number of rotatable bonds is 2. The molecule has 0 aromatic heterocycles. The van der Waals surface area contributed by atoms with Gasteiger partial charge in [0.25, 0.3) is 0 Å². The van der Waals surface area contributed by atoms with Gasteiger partial charge in [0.2, 0.25) is 0 Å². The highest BCUT2D eigenvalue weighted by atomic mass is 15.0. The van der Waals surface area contributed by atoms with Gasteiger partial charge in [-0.15, -0.1) is 0 Å². The van der Waals surface area contributed by atoms with Crippen LogP contribution in [0.5, 0.6) is 0 Å². The van der Waals surface area contributed by atoms with Gasteiger partial charge >= 0.3 is 0 Å². The fourth-order valence-electron chi connectivity index (χ4n) is 2.78. The Hall–Kier alpha value is -0.0400. The fourth-order valence-corrected chi connectivity index (χ4v) is 2.78. The van der Waals surface area contributed by atoms with Gasteiger partial charge in [0.05, 0.1) is 0 Å². The second-order valence-corrected chi connectivity index (χ2v) is 4.17. The molecule has 2 aliphatic heterocycles. The summed E-state index contributed by atoms with van der Waals surface area (Å²) >= 11 is 0. The molecule has 1 nitrogen and oxygen atoms in total. The van der Waals surface area contributed by atoms with Gasteiger partial charge in [-0.3, -0.25) is 0 Å². The molecule has 0 radical (unpaired) electrons. The van der Waals surface area contributed by atoms with Gasteiger partial charge in [-0.1, -0.05) is 13.3 Å². The lowest BCUT2D eigenvalue weighted by Gasteiger charge is -2.29. The summed E-state index contributed by atoms with van der Waals surface area (Å²) in [6, 6.07) is 1.79. The Labute approximate surface area is 69.6 Å². The first-order chi connectivity index (χ1) is 5.40. The third-order valence-electron chi connectivity index (χ3n) is 3.39. The Balaban J connectivity index is 1.91. The minimum Gasteiger partial charge on any atom is -0.311 e. The van der Waals surface area contributed by atoms with E-state index in [4.69, 9.17) is 0 Å². The maximum absolute atomic E-state index is 3.73. The SMILES string of the molecule is CCC[C@@H]1CC[C@@H]2CC[C@H]1N2. The molecule has 3 atom stereocenters. The van der Waals surface area contributed by atoms with Crippen LogP contribution in [-0.4, -0.2) is 12.1 Å². The van der Waals surface area contributed by atoms with Gasteiger partial charge in [-0.2, -0.15) is 0 Å². The minimum absolute atomic E-state index is 0.896. The Bertz CT molecular complexity index is 133. The van der Waals surface area contributed by atoms with Crippen molar-refractivity contribution in [3.05, 3.63) is 0 Å². The van der Waals surface area contributed by atoms with Gasteiger partial charge in [0.15, 0.2) is 0 Å². The molecular weight excluding hydrogens is 134 g/mol. The summed E-state index contributed by atoms with van der Waals surface area (Å²) in [4.78, 5) is 0. The molecule has 2 aliphatic rings. The highest BCUT2D eigenvalue weighted by Gasteiger charge is 2.33. The zero-order valence-electron chi connectivity index (χ0n) is 7.47. The van der Waals surface area contributed by atoms with Crippen LogP contribution in [0.4, 0.5) is 0 Å². The monoisotopic (exact) mass is 153 g/mol. The Morgan fingerprint density at radius 3 is 2.82 bits per heavy atom. The van der Waals surface area contributed by atoms with Crippen LogP contribution in [0.3, 0.4) is 0 Å². The van der Waals surface area contributed by atoms with Crippen LogP contribution in [0.15, 0.2) is 0 Å². The van der Waals surface area contributed by atoms with Crippen LogP contribution in [0.2, 0.25) is 0 Å². The van der Waals surface area contributed by atoms with Crippen molar-refractivity contribution < 1.29 is 0 Å². The molecule has 2 saturated heterocycles. The molecule has 2 rings (SSSR count). The van der Waals surface area contributed by atoms with Crippen molar-refractivity contribution >= 4 is 0 Å². The maximum Gasteiger partial charge on any atom is 0.00985 e. The number of hydrogen-bond acceptors (Lipinski definition) is 1. The third-order valence-corrected chi connectivity index (χ3v) is 3.39. The zero-order chi connectivity index (χ0) is 7.68. The quantitative estimate of drug-likeness (QED) is 0.642. The van der Waals surface area contributed by atoms with Gasteiger partial charge in [-0.05, 0) is 38.0 Å². The van der Waals surface area contributed by atoms with Gasteiger partial charge in [0.1, 0.15) is 0 Å². The second kappa shape index (κ2) is 3.14. The zero-order valence-corrected chi connectivity index (χ0v) is 7.47. The summed E-state index contributed by atoms with van der Waals surface area (Å²) in [5.41, 5.74) is 0. The number of piperidine rings is 1. The third kappa shape index (κ3) is 1.44. The topological polar surface area (TPSA) is 12.0 Å². The lowest BCUT2D eigenvalue weighted by Crippen LogP contribution is -2.40. The molecule has 2 bridgehead atoms. The van der Waals surface area contributed by atoms with Crippen molar-refractivity contribution in [2.45, 2.75) is 57.5 Å². The second-order valence-electron chi connectivity index (χ2n) is 4.17. The highest BCUT2D eigenvalue weighted by Crippen LogP contribution is 2.33. The van der Waals surface area contributed by atoms with Crippen LogP contribution in [0.1, 0.15) is 45.4 Å². The molecule has 64 valence electrons. The smallest absolute Gasteiger partial charge is 0.00985 e. The molecule has 0 aromatic carbocycles. The van der Waals surface area contributed by atoms with Gasteiger partial charge in [-0.25, -0.2) is 0 Å². The summed E-state index contributed by atoms with van der Waals surface area (Å²) in [6.45, 7) is 2.31. The lowest BCUT2D eigenvalue weighted by molar-refractivity contribution is 0.274. The predicted octanol–water partition coefficient (Wildman–Crippen LogP) is 2.32. The van der Waals surface area contributed by atoms with Crippen LogP contribution < -0.4 is 5.32 Å². The molecule has 0 aliphatic carbocycles. The Morgan fingerprint density at radius 2 is 2.00 bits per heavy atom. The molecule has 1 heteroatoms. The summed E-state index contributed by atoms with van der Waals surface area (Å²) in [6.07, 6.45) is 8.66. The van der Waals surface area contributed by atoms with Crippen molar-refractivity contribution in [2.24, 2.45) is 5.92 Å². The predicted molar refractivity (Wildman–Crippen MR) is 47.6 cm³/mol. The summed E-state index contributed by atoms with van der Waals surface area (Å²) in [5.74, 6) is 1.01. The minimum atomic E-state index is 0.896. The first-order valence-electron chi connectivity index (χ1n) is 5.16. The summed E-state index contributed by atoms with van der Waals surface area (Å²) < 4.78 is 0. The molecule has 11 heavy (non-hydrogen) atoms. The van der Waals surface area contributed by atoms with E-state index in [1.54, 1.807) is 0 Å². The standard InChI is InChI=1S/C10H19N/c1-2-3-8-4-5-9-6-7-10(8)11-9/h8-11H,2-7H2,1H3/t8-,9-,10-/m1/s1. The average Bonchev–Trinajstić information content (AvgIpc) is 2.40. The Kier molecular flexibility index (Phi) is 2.17. The number of nitrogens with one attached hydrogen (secondary N) is 1. The molecule has 2 fully saturated rings. The maximum atomic E-state index is 3.73. The van der Waals surface area contributed by atoms with Gasteiger partial charge < -0.3 is 5.32 Å². The van der Waals surface area contributed by atoms with E-state index in [0.717, 1.165) is 18.0 Å². The summed E-state index contributed by atoms with van der Waals surface area (Å²) in [7, 11) is 0. The average molecular weight is 153 g/mol. The molecule has 0 unspecified atom stereocenters. The molecule has 2 heterocycles.